The van der Waals surface area contributed by atoms with Gasteiger partial charge in [0.05, 0.1) is 28.8 Å². The molecule has 9 nitrogen and oxygen atoms in total. The summed E-state index contributed by atoms with van der Waals surface area (Å²) in [6.07, 6.45) is 1.84. The number of benzene rings is 1. The topological polar surface area (TPSA) is 93.8 Å². The van der Waals surface area contributed by atoms with Crippen LogP contribution in [0.1, 0.15) is 38.4 Å². The number of fused-ring (bicyclic) bond motifs is 1. The standard InChI is InChI=1S/C22H32N6O3S/c1-5-7-17-19-20(27(4)25-17)22(29)24-21(23-19)16-14-15(8-9-18(16)31-6-2)32(30)28-12-10-26(3)11-13-28/h8-9,14,17,25H,5-7,10-13H2,1-4H3,(H,23,24,29). The molecule has 0 saturated carbocycles. The molecule has 32 heavy (non-hydrogen) atoms. The van der Waals surface area contributed by atoms with Gasteiger partial charge in [-0.05, 0) is 38.6 Å². The van der Waals surface area contributed by atoms with Gasteiger partial charge in [0.25, 0.3) is 5.56 Å². The Labute approximate surface area is 191 Å². The molecule has 1 fully saturated rings. The lowest BCUT2D eigenvalue weighted by atomic mass is 10.1. The van der Waals surface area contributed by atoms with E-state index in [-0.39, 0.29) is 11.6 Å². The first-order chi connectivity index (χ1) is 15.4. The molecular formula is C22H32N6O3S. The second-order valence-corrected chi connectivity index (χ2v) is 9.74. The number of piperazine rings is 1. The summed E-state index contributed by atoms with van der Waals surface area (Å²) in [7, 11) is 2.61. The SMILES string of the molecule is CCCC1NN(C)c2c1nc(-c1cc(S(=O)N3CCN(C)CC3)ccc1OCC)[nH]c2=O. The third kappa shape index (κ3) is 4.45. The van der Waals surface area contributed by atoms with Crippen molar-refractivity contribution in [2.24, 2.45) is 0 Å². The first-order valence-electron chi connectivity index (χ1n) is 11.2. The number of anilines is 1. The van der Waals surface area contributed by atoms with Gasteiger partial charge in [-0.3, -0.25) is 4.79 Å². The van der Waals surface area contributed by atoms with Gasteiger partial charge in [-0.25, -0.2) is 18.9 Å². The van der Waals surface area contributed by atoms with Crippen LogP contribution in [0.15, 0.2) is 27.9 Å². The number of likely N-dealkylation sites (N-methyl/N-ethyl adjacent to an activating group) is 1. The maximum absolute atomic E-state index is 13.3. The molecule has 0 amide bonds. The predicted octanol–water partition coefficient (Wildman–Crippen LogP) is 1.90. The van der Waals surface area contributed by atoms with E-state index < -0.39 is 11.0 Å². The maximum Gasteiger partial charge on any atom is 0.276 e. The van der Waals surface area contributed by atoms with E-state index in [2.05, 4.69) is 29.3 Å². The minimum absolute atomic E-state index is 0.0146. The molecule has 2 aliphatic heterocycles. The van der Waals surface area contributed by atoms with Crippen LogP contribution in [0.4, 0.5) is 5.69 Å². The molecule has 2 aromatic rings. The van der Waals surface area contributed by atoms with Crippen LogP contribution in [0.2, 0.25) is 0 Å². The Bertz CT molecular complexity index is 1050. The molecular weight excluding hydrogens is 428 g/mol. The molecule has 2 unspecified atom stereocenters. The second kappa shape index (κ2) is 9.70. The first kappa shape index (κ1) is 22.9. The highest BCUT2D eigenvalue weighted by Crippen LogP contribution is 2.34. The fraction of sp³-hybridized carbons (Fsp3) is 0.545. The van der Waals surface area contributed by atoms with E-state index in [1.807, 2.05) is 36.5 Å². The van der Waals surface area contributed by atoms with Gasteiger partial charge in [0.2, 0.25) is 0 Å². The molecule has 0 radical (unpaired) electrons. The average molecular weight is 461 g/mol. The van der Waals surface area contributed by atoms with E-state index in [0.29, 0.717) is 34.3 Å². The highest BCUT2D eigenvalue weighted by Gasteiger charge is 2.31. The predicted molar refractivity (Wildman–Crippen MR) is 126 cm³/mol. The Morgan fingerprint density at radius 2 is 1.94 bits per heavy atom. The highest BCUT2D eigenvalue weighted by molar-refractivity contribution is 7.82. The van der Waals surface area contributed by atoms with E-state index in [1.54, 1.807) is 5.01 Å². The van der Waals surface area contributed by atoms with Crippen molar-refractivity contribution in [1.82, 2.24) is 24.6 Å². The number of rotatable bonds is 7. The van der Waals surface area contributed by atoms with Crippen LogP contribution >= 0.6 is 0 Å². The van der Waals surface area contributed by atoms with Crippen molar-refractivity contribution in [3.05, 3.63) is 34.2 Å². The Morgan fingerprint density at radius 1 is 1.19 bits per heavy atom. The van der Waals surface area contributed by atoms with Crippen molar-refractivity contribution >= 4 is 16.7 Å². The molecule has 2 aliphatic rings. The first-order valence-corrected chi connectivity index (χ1v) is 12.3. The molecule has 1 aromatic heterocycles. The van der Waals surface area contributed by atoms with Crippen LogP contribution in [0.25, 0.3) is 11.4 Å². The quantitative estimate of drug-likeness (QED) is 0.652. The van der Waals surface area contributed by atoms with Crippen molar-refractivity contribution < 1.29 is 8.95 Å². The van der Waals surface area contributed by atoms with Crippen molar-refractivity contribution in [2.75, 3.05) is 51.9 Å². The summed E-state index contributed by atoms with van der Waals surface area (Å²) >= 11 is 0. The Kier molecular flexibility index (Phi) is 6.94. The zero-order valence-corrected chi connectivity index (χ0v) is 20.0. The van der Waals surface area contributed by atoms with Crippen molar-refractivity contribution in [3.63, 3.8) is 0 Å². The van der Waals surface area contributed by atoms with Crippen molar-refractivity contribution in [2.45, 2.75) is 37.6 Å². The molecule has 174 valence electrons. The molecule has 0 aliphatic carbocycles. The van der Waals surface area contributed by atoms with Crippen LogP contribution in [-0.2, 0) is 11.0 Å². The molecule has 10 heteroatoms. The van der Waals surface area contributed by atoms with Crippen molar-refractivity contribution in [3.8, 4) is 17.1 Å². The van der Waals surface area contributed by atoms with Gasteiger partial charge < -0.3 is 19.6 Å². The Balaban J connectivity index is 1.75. The van der Waals surface area contributed by atoms with E-state index >= 15 is 0 Å². The summed E-state index contributed by atoms with van der Waals surface area (Å²) in [5, 5.41) is 1.74. The zero-order valence-electron chi connectivity index (χ0n) is 19.2. The van der Waals surface area contributed by atoms with Crippen LogP contribution in [0.5, 0.6) is 5.75 Å². The average Bonchev–Trinajstić information content (AvgIpc) is 3.10. The van der Waals surface area contributed by atoms with Gasteiger partial charge >= 0.3 is 0 Å². The summed E-state index contributed by atoms with van der Waals surface area (Å²) in [5.41, 5.74) is 5.04. The lowest BCUT2D eigenvalue weighted by molar-refractivity contribution is 0.228. The molecule has 4 rings (SSSR count). The number of H-pyrrole nitrogens is 1. The highest BCUT2D eigenvalue weighted by atomic mass is 32.2. The van der Waals surface area contributed by atoms with Gasteiger partial charge in [-0.15, -0.1) is 0 Å². The number of hydrogen-bond donors (Lipinski definition) is 2. The lowest BCUT2D eigenvalue weighted by Gasteiger charge is -2.31. The number of hydrazine groups is 1. The number of aromatic amines is 1. The molecule has 2 atom stereocenters. The number of nitrogens with zero attached hydrogens (tertiary/aromatic N) is 4. The monoisotopic (exact) mass is 460 g/mol. The summed E-state index contributed by atoms with van der Waals surface area (Å²) in [6, 6.07) is 5.48. The van der Waals surface area contributed by atoms with Crippen LogP contribution in [-0.4, -0.2) is 70.3 Å². The summed E-state index contributed by atoms with van der Waals surface area (Å²) < 4.78 is 21.1. The summed E-state index contributed by atoms with van der Waals surface area (Å²) in [6.45, 7) is 7.76. The van der Waals surface area contributed by atoms with E-state index in [9.17, 15) is 9.00 Å². The van der Waals surface area contributed by atoms with Crippen LogP contribution in [0.3, 0.4) is 0 Å². The van der Waals surface area contributed by atoms with Crippen LogP contribution in [0, 0.1) is 0 Å². The maximum atomic E-state index is 13.3. The van der Waals surface area contributed by atoms with Crippen LogP contribution < -0.4 is 20.7 Å². The third-order valence-corrected chi connectivity index (χ3v) is 7.41. The van der Waals surface area contributed by atoms with Gasteiger partial charge in [-0.2, -0.15) is 0 Å². The molecule has 1 saturated heterocycles. The molecule has 3 heterocycles. The fourth-order valence-corrected chi connectivity index (χ4v) is 5.41. The summed E-state index contributed by atoms with van der Waals surface area (Å²) in [4.78, 5) is 23.6. The minimum Gasteiger partial charge on any atom is -0.493 e. The van der Waals surface area contributed by atoms with Gasteiger partial charge in [0, 0.05) is 33.2 Å². The minimum atomic E-state index is -1.29. The normalized spacial score (nSPS) is 20.4. The van der Waals surface area contributed by atoms with Gasteiger partial charge in [-0.1, -0.05) is 13.3 Å². The van der Waals surface area contributed by atoms with E-state index in [0.717, 1.165) is 44.7 Å². The van der Waals surface area contributed by atoms with Gasteiger partial charge in [0.1, 0.15) is 28.2 Å². The number of hydrogen-bond acceptors (Lipinski definition) is 7. The Hall–Kier alpha value is -2.27. The van der Waals surface area contributed by atoms with E-state index in [4.69, 9.17) is 9.72 Å². The molecule has 0 spiro atoms. The largest absolute Gasteiger partial charge is 0.493 e. The molecule has 2 N–H and O–H groups in total. The molecule has 1 aromatic carbocycles. The second-order valence-electron chi connectivity index (χ2n) is 8.25. The van der Waals surface area contributed by atoms with Gasteiger partial charge in [0.15, 0.2) is 0 Å². The lowest BCUT2D eigenvalue weighted by Crippen LogP contribution is -2.45. The third-order valence-electron chi connectivity index (χ3n) is 5.92. The van der Waals surface area contributed by atoms with E-state index in [1.165, 1.54) is 0 Å². The van der Waals surface area contributed by atoms with Crippen molar-refractivity contribution in [1.29, 1.82) is 0 Å². The zero-order chi connectivity index (χ0) is 22.8. The number of nitrogens with one attached hydrogen (secondary N) is 2. The molecule has 0 bridgehead atoms. The number of ether oxygens (including phenoxy) is 1. The fourth-order valence-electron chi connectivity index (χ4n) is 4.22. The number of aromatic nitrogens is 2. The summed E-state index contributed by atoms with van der Waals surface area (Å²) in [5.74, 6) is 1.05. The smallest absolute Gasteiger partial charge is 0.276 e. The Morgan fingerprint density at radius 3 is 2.62 bits per heavy atom.